The highest BCUT2D eigenvalue weighted by molar-refractivity contribution is 4.83. The molecule has 1 aliphatic rings. The van der Waals surface area contributed by atoms with Crippen LogP contribution in [0.3, 0.4) is 0 Å². The lowest BCUT2D eigenvalue weighted by Crippen LogP contribution is -2.13. The zero-order chi connectivity index (χ0) is 8.43. The molecule has 1 fully saturated rings. The van der Waals surface area contributed by atoms with E-state index >= 15 is 0 Å². The lowest BCUT2D eigenvalue weighted by Gasteiger charge is -2.22. The van der Waals surface area contributed by atoms with Gasteiger partial charge in [-0.3, -0.25) is 0 Å². The summed E-state index contributed by atoms with van der Waals surface area (Å²) in [5.74, 6) is 3.92. The third-order valence-corrected chi connectivity index (χ3v) is 2.83. The molecule has 0 bridgehead atoms. The molecule has 1 rings (SSSR count). The van der Waals surface area contributed by atoms with Crippen molar-refractivity contribution >= 4 is 0 Å². The largest absolute Gasteiger partial charge is 0.0628 e. The van der Waals surface area contributed by atoms with Gasteiger partial charge in [0.15, 0.2) is 0 Å². The quantitative estimate of drug-likeness (QED) is 0.579. The van der Waals surface area contributed by atoms with Gasteiger partial charge in [-0.05, 0) is 42.9 Å². The zero-order valence-corrected chi connectivity index (χ0v) is 8.43. The minimum atomic E-state index is 0.892. The van der Waals surface area contributed by atoms with Crippen molar-refractivity contribution in [1.29, 1.82) is 0 Å². The average molecular weight is 154 g/mol. The van der Waals surface area contributed by atoms with Crippen LogP contribution in [0.15, 0.2) is 0 Å². The maximum absolute atomic E-state index is 2.38. The Morgan fingerprint density at radius 3 is 1.91 bits per heavy atom. The van der Waals surface area contributed by atoms with Gasteiger partial charge in [-0.1, -0.05) is 27.7 Å². The summed E-state index contributed by atoms with van der Waals surface area (Å²) in [5, 5.41) is 0. The van der Waals surface area contributed by atoms with Crippen LogP contribution in [0.1, 0.15) is 47.0 Å². The van der Waals surface area contributed by atoms with Crippen LogP contribution in [0.4, 0.5) is 0 Å². The Balaban J connectivity index is 2.32. The Labute approximate surface area is 71.4 Å². The van der Waals surface area contributed by atoms with Crippen LogP contribution in [-0.2, 0) is 0 Å². The second-order valence-corrected chi connectivity index (χ2v) is 4.87. The van der Waals surface area contributed by atoms with Crippen LogP contribution >= 0.6 is 0 Å². The van der Waals surface area contributed by atoms with E-state index in [-0.39, 0.29) is 0 Å². The number of rotatable bonds is 4. The second-order valence-electron chi connectivity index (χ2n) is 4.87. The highest BCUT2D eigenvalue weighted by Crippen LogP contribution is 2.43. The molecule has 1 saturated carbocycles. The molecule has 0 amide bonds. The summed E-state index contributed by atoms with van der Waals surface area (Å²) in [5.41, 5.74) is 0. The van der Waals surface area contributed by atoms with Gasteiger partial charge >= 0.3 is 0 Å². The van der Waals surface area contributed by atoms with Crippen molar-refractivity contribution in [3.05, 3.63) is 0 Å². The molecule has 0 aromatic rings. The molecule has 0 heteroatoms. The predicted octanol–water partition coefficient (Wildman–Crippen LogP) is 3.71. The van der Waals surface area contributed by atoms with Crippen molar-refractivity contribution in [3.8, 4) is 0 Å². The van der Waals surface area contributed by atoms with E-state index in [2.05, 4.69) is 27.7 Å². The monoisotopic (exact) mass is 154 g/mol. The molecule has 66 valence electrons. The lowest BCUT2D eigenvalue weighted by molar-refractivity contribution is 0.281. The maximum atomic E-state index is 2.38. The molecule has 1 aliphatic carbocycles. The molecule has 11 heavy (non-hydrogen) atoms. The van der Waals surface area contributed by atoms with Crippen molar-refractivity contribution < 1.29 is 0 Å². The molecule has 0 N–H and O–H groups in total. The molecule has 1 atom stereocenters. The first-order valence-electron chi connectivity index (χ1n) is 5.11. The fourth-order valence-electron chi connectivity index (χ4n) is 2.08. The van der Waals surface area contributed by atoms with Crippen LogP contribution in [0.5, 0.6) is 0 Å². The van der Waals surface area contributed by atoms with Crippen molar-refractivity contribution in [2.24, 2.45) is 23.7 Å². The molecule has 0 nitrogen and oxygen atoms in total. The summed E-state index contributed by atoms with van der Waals surface area (Å²) >= 11 is 0. The summed E-state index contributed by atoms with van der Waals surface area (Å²) < 4.78 is 0. The highest BCUT2D eigenvalue weighted by Gasteiger charge is 2.32. The SMILES string of the molecule is CC(C)CC(C(C)C)C1CC1. The zero-order valence-electron chi connectivity index (χ0n) is 8.43. The van der Waals surface area contributed by atoms with E-state index in [1.165, 1.54) is 19.3 Å². The van der Waals surface area contributed by atoms with Crippen LogP contribution in [0.25, 0.3) is 0 Å². The van der Waals surface area contributed by atoms with Crippen molar-refractivity contribution in [2.75, 3.05) is 0 Å². The standard InChI is InChI=1S/C11H22/c1-8(2)7-11(9(3)4)10-5-6-10/h8-11H,5-7H2,1-4H3. The normalized spacial score (nSPS) is 21.3. The summed E-state index contributed by atoms with van der Waals surface area (Å²) in [4.78, 5) is 0. The highest BCUT2D eigenvalue weighted by atomic mass is 14.4. The molecule has 0 radical (unpaired) electrons. The lowest BCUT2D eigenvalue weighted by atomic mass is 9.84. The first-order valence-corrected chi connectivity index (χ1v) is 5.11. The van der Waals surface area contributed by atoms with Crippen molar-refractivity contribution in [3.63, 3.8) is 0 Å². The summed E-state index contributed by atoms with van der Waals surface area (Å²) in [6, 6.07) is 0. The predicted molar refractivity (Wildman–Crippen MR) is 50.5 cm³/mol. The van der Waals surface area contributed by atoms with E-state index in [0.717, 1.165) is 23.7 Å². The molecule has 0 aliphatic heterocycles. The molecule has 0 saturated heterocycles. The fraction of sp³-hybridized carbons (Fsp3) is 1.00. The topological polar surface area (TPSA) is 0 Å². The van der Waals surface area contributed by atoms with Gasteiger partial charge in [0, 0.05) is 0 Å². The third-order valence-electron chi connectivity index (χ3n) is 2.83. The van der Waals surface area contributed by atoms with Gasteiger partial charge in [0.05, 0.1) is 0 Å². The van der Waals surface area contributed by atoms with Crippen molar-refractivity contribution in [1.82, 2.24) is 0 Å². The third kappa shape index (κ3) is 2.84. The van der Waals surface area contributed by atoms with Gasteiger partial charge in [-0.2, -0.15) is 0 Å². The molecular weight excluding hydrogens is 132 g/mol. The van der Waals surface area contributed by atoms with Crippen LogP contribution in [-0.4, -0.2) is 0 Å². The molecule has 0 aromatic heterocycles. The number of hydrogen-bond donors (Lipinski definition) is 0. The van der Waals surface area contributed by atoms with E-state index in [1.54, 1.807) is 0 Å². The fourth-order valence-corrected chi connectivity index (χ4v) is 2.08. The van der Waals surface area contributed by atoms with Crippen LogP contribution < -0.4 is 0 Å². The first-order chi connectivity index (χ1) is 5.11. The summed E-state index contributed by atoms with van der Waals surface area (Å²) in [6.07, 6.45) is 4.47. The van der Waals surface area contributed by atoms with Gasteiger partial charge in [0.1, 0.15) is 0 Å². The van der Waals surface area contributed by atoms with E-state index in [0.29, 0.717) is 0 Å². The van der Waals surface area contributed by atoms with E-state index in [1.807, 2.05) is 0 Å². The van der Waals surface area contributed by atoms with E-state index < -0.39 is 0 Å². The Hall–Kier alpha value is 0. The Morgan fingerprint density at radius 2 is 1.64 bits per heavy atom. The van der Waals surface area contributed by atoms with E-state index in [9.17, 15) is 0 Å². The second kappa shape index (κ2) is 3.60. The van der Waals surface area contributed by atoms with E-state index in [4.69, 9.17) is 0 Å². The van der Waals surface area contributed by atoms with Gasteiger partial charge in [0.2, 0.25) is 0 Å². The first kappa shape index (κ1) is 9.09. The van der Waals surface area contributed by atoms with Gasteiger partial charge in [-0.15, -0.1) is 0 Å². The molecular formula is C11H22. The Morgan fingerprint density at radius 1 is 1.09 bits per heavy atom. The van der Waals surface area contributed by atoms with Crippen LogP contribution in [0, 0.1) is 23.7 Å². The molecule has 0 aromatic carbocycles. The Bertz CT molecular complexity index is 107. The van der Waals surface area contributed by atoms with Gasteiger partial charge in [0.25, 0.3) is 0 Å². The maximum Gasteiger partial charge on any atom is -0.0360 e. The smallest absolute Gasteiger partial charge is 0.0360 e. The van der Waals surface area contributed by atoms with Gasteiger partial charge in [-0.25, -0.2) is 0 Å². The van der Waals surface area contributed by atoms with Crippen LogP contribution in [0.2, 0.25) is 0 Å². The summed E-state index contributed by atoms with van der Waals surface area (Å²) in [6.45, 7) is 9.45. The summed E-state index contributed by atoms with van der Waals surface area (Å²) in [7, 11) is 0. The molecule has 1 unspecified atom stereocenters. The van der Waals surface area contributed by atoms with Crippen molar-refractivity contribution in [2.45, 2.75) is 47.0 Å². The van der Waals surface area contributed by atoms with Gasteiger partial charge < -0.3 is 0 Å². The number of hydrogen-bond acceptors (Lipinski definition) is 0. The minimum Gasteiger partial charge on any atom is -0.0628 e. The Kier molecular flexibility index (Phi) is 2.98. The minimum absolute atomic E-state index is 0.892. The molecule has 0 heterocycles. The average Bonchev–Trinajstić information content (AvgIpc) is 2.63. The molecule has 0 spiro atoms.